The summed E-state index contributed by atoms with van der Waals surface area (Å²) in [5, 5.41) is 11.6. The molecule has 0 spiro atoms. The Morgan fingerprint density at radius 1 is 1.33 bits per heavy atom. The molecule has 4 nitrogen and oxygen atoms in total. The van der Waals surface area contributed by atoms with Crippen molar-refractivity contribution in [2.24, 2.45) is 0 Å². The third kappa shape index (κ3) is 4.41. The quantitative estimate of drug-likeness (QED) is 0.775. The van der Waals surface area contributed by atoms with Gasteiger partial charge in [-0.2, -0.15) is 0 Å². The number of hydrogen-bond acceptors (Lipinski definition) is 3. The van der Waals surface area contributed by atoms with Crippen LogP contribution in [-0.2, 0) is 9.59 Å². The molecular weight excluding hydrogens is 250 g/mol. The van der Waals surface area contributed by atoms with Gasteiger partial charge in [0.05, 0.1) is 0 Å². The summed E-state index contributed by atoms with van der Waals surface area (Å²) in [6.45, 7) is 2.85. The van der Waals surface area contributed by atoms with Gasteiger partial charge in [0.15, 0.2) is 0 Å². The van der Waals surface area contributed by atoms with E-state index in [-0.39, 0.29) is 5.91 Å². The molecule has 0 aliphatic heterocycles. The average molecular weight is 267 g/mol. The number of carboxylic acid groups (broad SMARTS) is 1. The van der Waals surface area contributed by atoms with Gasteiger partial charge in [-0.05, 0) is 25.5 Å². The number of carbonyl (C=O) groups excluding carboxylic acids is 1. The monoisotopic (exact) mass is 267 g/mol. The predicted molar refractivity (Wildman–Crippen MR) is 71.6 cm³/mol. The van der Waals surface area contributed by atoms with Gasteiger partial charge < -0.3 is 10.4 Å². The van der Waals surface area contributed by atoms with Gasteiger partial charge >= 0.3 is 5.97 Å². The Kier molecular flexibility index (Phi) is 5.22. The standard InChI is InChI=1S/C13H17NO3S/c1-10(15)14-13(2,12(16)17)8-9-18-11-6-4-3-5-7-11/h3-7H,8-9H2,1-2H3,(H,14,15)(H,16,17)/t13-/m0/s1. The van der Waals surface area contributed by atoms with Crippen molar-refractivity contribution in [1.82, 2.24) is 5.32 Å². The van der Waals surface area contributed by atoms with Crippen molar-refractivity contribution in [3.05, 3.63) is 30.3 Å². The molecule has 0 aliphatic rings. The first-order valence-corrected chi connectivity index (χ1v) is 6.62. The van der Waals surface area contributed by atoms with E-state index in [2.05, 4.69) is 5.32 Å². The molecule has 1 aromatic carbocycles. The third-order valence-corrected chi connectivity index (χ3v) is 3.55. The highest BCUT2D eigenvalue weighted by Gasteiger charge is 2.33. The van der Waals surface area contributed by atoms with Crippen LogP contribution in [0.3, 0.4) is 0 Å². The van der Waals surface area contributed by atoms with E-state index >= 15 is 0 Å². The van der Waals surface area contributed by atoms with Crippen molar-refractivity contribution in [3.8, 4) is 0 Å². The van der Waals surface area contributed by atoms with Crippen LogP contribution in [0.1, 0.15) is 20.3 Å². The van der Waals surface area contributed by atoms with Gasteiger partial charge in [-0.15, -0.1) is 11.8 Å². The fourth-order valence-corrected chi connectivity index (χ4v) is 2.60. The SMILES string of the molecule is CC(=O)N[C@@](C)(CCSc1ccccc1)C(=O)O. The molecule has 98 valence electrons. The lowest BCUT2D eigenvalue weighted by molar-refractivity contribution is -0.146. The van der Waals surface area contributed by atoms with Gasteiger partial charge in [-0.1, -0.05) is 18.2 Å². The molecule has 5 heteroatoms. The number of rotatable bonds is 6. The van der Waals surface area contributed by atoms with Crippen molar-refractivity contribution < 1.29 is 14.7 Å². The first kappa shape index (κ1) is 14.6. The highest BCUT2D eigenvalue weighted by Crippen LogP contribution is 2.21. The van der Waals surface area contributed by atoms with Crippen LogP contribution in [0.15, 0.2) is 35.2 Å². The van der Waals surface area contributed by atoms with Crippen LogP contribution in [0.25, 0.3) is 0 Å². The molecule has 1 aromatic rings. The van der Waals surface area contributed by atoms with Crippen LogP contribution in [0, 0.1) is 0 Å². The number of carbonyl (C=O) groups is 2. The van der Waals surface area contributed by atoms with Crippen LogP contribution in [0.2, 0.25) is 0 Å². The minimum Gasteiger partial charge on any atom is -0.480 e. The van der Waals surface area contributed by atoms with E-state index in [9.17, 15) is 9.59 Å². The largest absolute Gasteiger partial charge is 0.480 e. The Morgan fingerprint density at radius 3 is 2.44 bits per heavy atom. The maximum absolute atomic E-state index is 11.2. The first-order chi connectivity index (χ1) is 8.44. The number of carboxylic acids is 1. The van der Waals surface area contributed by atoms with Crippen molar-refractivity contribution in [2.75, 3.05) is 5.75 Å². The van der Waals surface area contributed by atoms with E-state index in [1.807, 2.05) is 30.3 Å². The van der Waals surface area contributed by atoms with Crippen molar-refractivity contribution in [2.45, 2.75) is 30.7 Å². The van der Waals surface area contributed by atoms with Gasteiger partial charge in [-0.25, -0.2) is 4.79 Å². The molecule has 1 amide bonds. The Bertz CT molecular complexity index is 422. The molecule has 2 N–H and O–H groups in total. The molecule has 0 saturated heterocycles. The number of aliphatic carboxylic acids is 1. The van der Waals surface area contributed by atoms with Gasteiger partial charge in [0.2, 0.25) is 5.91 Å². The number of hydrogen-bond donors (Lipinski definition) is 2. The van der Waals surface area contributed by atoms with E-state index in [1.54, 1.807) is 11.8 Å². The average Bonchev–Trinajstić information content (AvgIpc) is 2.29. The van der Waals surface area contributed by atoms with E-state index in [0.717, 1.165) is 4.90 Å². The minimum absolute atomic E-state index is 0.329. The molecule has 0 bridgehead atoms. The lowest BCUT2D eigenvalue weighted by Gasteiger charge is -2.25. The Hall–Kier alpha value is -1.49. The topological polar surface area (TPSA) is 66.4 Å². The maximum Gasteiger partial charge on any atom is 0.329 e. The zero-order valence-electron chi connectivity index (χ0n) is 10.5. The molecule has 1 atom stereocenters. The molecular formula is C13H17NO3S. The highest BCUT2D eigenvalue weighted by atomic mass is 32.2. The Morgan fingerprint density at radius 2 is 1.94 bits per heavy atom. The summed E-state index contributed by atoms with van der Waals surface area (Å²) in [5.41, 5.74) is -1.20. The molecule has 0 fully saturated rings. The van der Waals surface area contributed by atoms with E-state index in [0.29, 0.717) is 12.2 Å². The van der Waals surface area contributed by atoms with E-state index in [1.165, 1.54) is 13.8 Å². The second-order valence-corrected chi connectivity index (χ2v) is 5.40. The summed E-state index contributed by atoms with van der Waals surface area (Å²) in [7, 11) is 0. The molecule has 0 heterocycles. The molecule has 0 radical (unpaired) electrons. The Labute approximate surface area is 111 Å². The predicted octanol–water partition coefficient (Wildman–Crippen LogP) is 2.15. The van der Waals surface area contributed by atoms with Gasteiger partial charge in [0, 0.05) is 17.6 Å². The molecule has 0 aliphatic carbocycles. The fourth-order valence-electron chi connectivity index (χ4n) is 1.50. The molecule has 1 rings (SSSR count). The number of thioether (sulfide) groups is 1. The summed E-state index contributed by atoms with van der Waals surface area (Å²) in [4.78, 5) is 23.3. The smallest absolute Gasteiger partial charge is 0.329 e. The molecule has 0 aromatic heterocycles. The fraction of sp³-hybridized carbons (Fsp3) is 0.385. The maximum atomic E-state index is 11.2. The second kappa shape index (κ2) is 6.44. The third-order valence-electron chi connectivity index (χ3n) is 2.54. The van der Waals surface area contributed by atoms with Gasteiger partial charge in [0.1, 0.15) is 5.54 Å². The highest BCUT2D eigenvalue weighted by molar-refractivity contribution is 7.99. The van der Waals surface area contributed by atoms with E-state index in [4.69, 9.17) is 5.11 Å². The van der Waals surface area contributed by atoms with Crippen LogP contribution < -0.4 is 5.32 Å². The summed E-state index contributed by atoms with van der Waals surface area (Å²) in [6, 6.07) is 9.75. The normalized spacial score (nSPS) is 13.7. The van der Waals surface area contributed by atoms with Crippen LogP contribution in [-0.4, -0.2) is 28.3 Å². The second-order valence-electron chi connectivity index (χ2n) is 4.23. The van der Waals surface area contributed by atoms with Crippen LogP contribution in [0.5, 0.6) is 0 Å². The summed E-state index contributed by atoms with van der Waals surface area (Å²) < 4.78 is 0. The Balaban J connectivity index is 2.53. The molecule has 0 unspecified atom stereocenters. The first-order valence-electron chi connectivity index (χ1n) is 5.64. The van der Waals surface area contributed by atoms with Gasteiger partial charge in [-0.3, -0.25) is 4.79 Å². The lowest BCUT2D eigenvalue weighted by atomic mass is 9.99. The lowest BCUT2D eigenvalue weighted by Crippen LogP contribution is -2.51. The summed E-state index contributed by atoms with van der Waals surface area (Å²) in [6.07, 6.45) is 0.376. The van der Waals surface area contributed by atoms with Crippen molar-refractivity contribution in [3.63, 3.8) is 0 Å². The summed E-state index contributed by atoms with van der Waals surface area (Å²) in [5.74, 6) is -0.705. The summed E-state index contributed by atoms with van der Waals surface area (Å²) >= 11 is 1.58. The van der Waals surface area contributed by atoms with Crippen LogP contribution in [0.4, 0.5) is 0 Å². The molecule has 0 saturated carbocycles. The minimum atomic E-state index is -1.20. The number of nitrogens with one attached hydrogen (secondary N) is 1. The molecule has 18 heavy (non-hydrogen) atoms. The number of amides is 1. The van der Waals surface area contributed by atoms with Crippen molar-refractivity contribution in [1.29, 1.82) is 0 Å². The zero-order chi connectivity index (χ0) is 13.6. The zero-order valence-corrected chi connectivity index (χ0v) is 11.3. The van der Waals surface area contributed by atoms with Gasteiger partial charge in [0.25, 0.3) is 0 Å². The van der Waals surface area contributed by atoms with Crippen LogP contribution >= 0.6 is 11.8 Å². The van der Waals surface area contributed by atoms with Crippen molar-refractivity contribution >= 4 is 23.6 Å². The van der Waals surface area contributed by atoms with E-state index < -0.39 is 11.5 Å². The number of benzene rings is 1.